The first kappa shape index (κ1) is 22.5. The van der Waals surface area contributed by atoms with E-state index in [0.29, 0.717) is 18.5 Å². The van der Waals surface area contributed by atoms with Crippen LogP contribution in [0.2, 0.25) is 0 Å². The van der Waals surface area contributed by atoms with E-state index in [1.54, 1.807) is 19.2 Å². The third-order valence-electron chi connectivity index (χ3n) is 7.48. The zero-order chi connectivity index (χ0) is 23.8. The molecule has 7 heteroatoms. The first-order valence-electron chi connectivity index (χ1n) is 12.0. The standard InChI is InChI=1S/C27H31N3O4/c1-17-14-24(34-2)22(20-9-11-28-26(17)20)16-29-13-10-18(30-12-5-8-25(30)31)15-23(29)19-6-3-4-7-21(19)27(32)33/h3-4,6-7,9,11,14,18,23,28H,5,8,10,12-13,15-16H2,1-2H3,(H,32,33)/t18-,23-/m0/s1. The van der Waals surface area contributed by atoms with Crippen LogP contribution in [0.15, 0.2) is 42.6 Å². The summed E-state index contributed by atoms with van der Waals surface area (Å²) < 4.78 is 5.78. The number of aromatic amines is 1. The molecular formula is C27H31N3O4. The van der Waals surface area contributed by atoms with Gasteiger partial charge in [0.1, 0.15) is 5.75 Å². The minimum absolute atomic E-state index is 0.112. The summed E-state index contributed by atoms with van der Waals surface area (Å²) in [6.07, 6.45) is 5.07. The number of carboxylic acid groups (broad SMARTS) is 1. The molecule has 2 N–H and O–H groups in total. The molecule has 2 atom stereocenters. The quantitative estimate of drug-likeness (QED) is 0.564. The monoisotopic (exact) mass is 461 g/mol. The Kier molecular flexibility index (Phi) is 6.04. The highest BCUT2D eigenvalue weighted by atomic mass is 16.5. The molecule has 0 bridgehead atoms. The average molecular weight is 462 g/mol. The van der Waals surface area contributed by atoms with Crippen LogP contribution >= 0.6 is 0 Å². The number of aryl methyl sites for hydroxylation is 1. The van der Waals surface area contributed by atoms with Crippen molar-refractivity contribution in [2.24, 2.45) is 0 Å². The average Bonchev–Trinajstić information content (AvgIpc) is 3.50. The van der Waals surface area contributed by atoms with Gasteiger partial charge in [-0.15, -0.1) is 0 Å². The number of carbonyl (C=O) groups excluding carboxylic acids is 1. The topological polar surface area (TPSA) is 85.9 Å². The molecule has 3 aromatic rings. The predicted octanol–water partition coefficient (Wildman–Crippen LogP) is 4.51. The second-order valence-corrected chi connectivity index (χ2v) is 9.39. The summed E-state index contributed by atoms with van der Waals surface area (Å²) in [7, 11) is 1.69. The Hall–Kier alpha value is -3.32. The molecule has 0 saturated carbocycles. The summed E-state index contributed by atoms with van der Waals surface area (Å²) in [6.45, 7) is 4.27. The van der Waals surface area contributed by atoms with Gasteiger partial charge in [0.05, 0.1) is 12.7 Å². The maximum absolute atomic E-state index is 12.5. The molecule has 1 aromatic heterocycles. The predicted molar refractivity (Wildman–Crippen MR) is 130 cm³/mol. The van der Waals surface area contributed by atoms with E-state index in [1.165, 1.54) is 0 Å². The molecule has 0 spiro atoms. The van der Waals surface area contributed by atoms with Crippen molar-refractivity contribution >= 4 is 22.8 Å². The van der Waals surface area contributed by atoms with Gasteiger partial charge in [0.15, 0.2) is 0 Å². The van der Waals surface area contributed by atoms with Crippen LogP contribution in [0.1, 0.15) is 58.8 Å². The Labute approximate surface area is 199 Å². The number of hydrogen-bond acceptors (Lipinski definition) is 4. The van der Waals surface area contributed by atoms with Crippen molar-refractivity contribution < 1.29 is 19.4 Å². The van der Waals surface area contributed by atoms with Crippen molar-refractivity contribution in [3.05, 3.63) is 64.8 Å². The van der Waals surface area contributed by atoms with Gasteiger partial charge >= 0.3 is 5.97 Å². The fourth-order valence-corrected chi connectivity index (χ4v) is 5.81. The minimum atomic E-state index is -0.920. The number of nitrogens with one attached hydrogen (secondary N) is 1. The van der Waals surface area contributed by atoms with Gasteiger partial charge in [-0.2, -0.15) is 0 Å². The molecular weight excluding hydrogens is 430 g/mol. The van der Waals surface area contributed by atoms with Crippen LogP contribution in [0.3, 0.4) is 0 Å². The first-order chi connectivity index (χ1) is 16.5. The molecule has 2 aliphatic heterocycles. The lowest BCUT2D eigenvalue weighted by Gasteiger charge is -2.43. The highest BCUT2D eigenvalue weighted by molar-refractivity contribution is 5.90. The van der Waals surface area contributed by atoms with E-state index in [1.807, 2.05) is 23.2 Å². The molecule has 3 heterocycles. The minimum Gasteiger partial charge on any atom is -0.496 e. The SMILES string of the molecule is COc1cc(C)c2[nH]ccc2c1CN1CC[C@H](N2CCCC2=O)C[C@H]1c1ccccc1C(=O)O. The Morgan fingerprint density at radius 3 is 2.79 bits per heavy atom. The number of fused-ring (bicyclic) bond motifs is 1. The van der Waals surface area contributed by atoms with Crippen LogP contribution in [-0.2, 0) is 11.3 Å². The largest absolute Gasteiger partial charge is 0.496 e. The fourth-order valence-electron chi connectivity index (χ4n) is 5.81. The lowest BCUT2D eigenvalue weighted by Crippen LogP contribution is -2.46. The molecule has 0 unspecified atom stereocenters. The number of benzene rings is 2. The summed E-state index contributed by atoms with van der Waals surface area (Å²) >= 11 is 0. The maximum atomic E-state index is 12.5. The maximum Gasteiger partial charge on any atom is 0.336 e. The molecule has 2 saturated heterocycles. The van der Waals surface area contributed by atoms with Gasteiger partial charge < -0.3 is 19.7 Å². The van der Waals surface area contributed by atoms with Gasteiger partial charge in [0.2, 0.25) is 5.91 Å². The van der Waals surface area contributed by atoms with E-state index in [0.717, 1.165) is 65.7 Å². The number of carbonyl (C=O) groups is 2. The number of H-pyrrole nitrogens is 1. The number of nitrogens with zero attached hydrogens (tertiary/aromatic N) is 2. The summed E-state index contributed by atoms with van der Waals surface area (Å²) in [4.78, 5) is 32.3. The fraction of sp³-hybridized carbons (Fsp3) is 0.407. The number of piperidine rings is 1. The first-order valence-corrected chi connectivity index (χ1v) is 12.0. The second kappa shape index (κ2) is 9.14. The van der Waals surface area contributed by atoms with Gasteiger partial charge in [0, 0.05) is 60.8 Å². The highest BCUT2D eigenvalue weighted by Gasteiger charge is 2.37. The third kappa shape index (κ3) is 3.94. The molecule has 5 rings (SSSR count). The van der Waals surface area contributed by atoms with Gasteiger partial charge in [-0.1, -0.05) is 18.2 Å². The number of likely N-dealkylation sites (tertiary alicyclic amines) is 2. The van der Waals surface area contributed by atoms with Gasteiger partial charge in [0.25, 0.3) is 0 Å². The molecule has 0 radical (unpaired) electrons. The Morgan fingerprint density at radius 2 is 2.06 bits per heavy atom. The van der Waals surface area contributed by atoms with Crippen LogP contribution < -0.4 is 4.74 Å². The van der Waals surface area contributed by atoms with E-state index in [2.05, 4.69) is 28.9 Å². The number of amides is 1. The number of hydrogen-bond donors (Lipinski definition) is 2. The number of ether oxygens (including phenoxy) is 1. The molecule has 2 aromatic carbocycles. The van der Waals surface area contributed by atoms with Crippen LogP contribution in [0.25, 0.3) is 10.9 Å². The number of methoxy groups -OCH3 is 1. The smallest absolute Gasteiger partial charge is 0.336 e. The van der Waals surface area contributed by atoms with Crippen molar-refractivity contribution in [3.63, 3.8) is 0 Å². The van der Waals surface area contributed by atoms with Crippen molar-refractivity contribution in [1.82, 2.24) is 14.8 Å². The van der Waals surface area contributed by atoms with Gasteiger partial charge in [-0.3, -0.25) is 9.69 Å². The molecule has 34 heavy (non-hydrogen) atoms. The highest BCUT2D eigenvalue weighted by Crippen LogP contribution is 2.39. The zero-order valence-corrected chi connectivity index (χ0v) is 19.7. The lowest BCUT2D eigenvalue weighted by molar-refractivity contribution is -0.131. The Bertz CT molecular complexity index is 1230. The number of carboxylic acids is 1. The van der Waals surface area contributed by atoms with E-state index in [-0.39, 0.29) is 18.0 Å². The van der Waals surface area contributed by atoms with Gasteiger partial charge in [-0.05, 0) is 55.5 Å². The van der Waals surface area contributed by atoms with Crippen LogP contribution in [0.5, 0.6) is 5.75 Å². The van der Waals surface area contributed by atoms with Crippen molar-refractivity contribution in [2.75, 3.05) is 20.2 Å². The van der Waals surface area contributed by atoms with Crippen molar-refractivity contribution in [3.8, 4) is 5.75 Å². The van der Waals surface area contributed by atoms with E-state index >= 15 is 0 Å². The van der Waals surface area contributed by atoms with Crippen LogP contribution in [0.4, 0.5) is 0 Å². The number of aromatic nitrogens is 1. The third-order valence-corrected chi connectivity index (χ3v) is 7.48. The molecule has 2 fully saturated rings. The zero-order valence-electron chi connectivity index (χ0n) is 19.7. The second-order valence-electron chi connectivity index (χ2n) is 9.39. The van der Waals surface area contributed by atoms with E-state index in [9.17, 15) is 14.7 Å². The van der Waals surface area contributed by atoms with E-state index < -0.39 is 5.97 Å². The number of aromatic carboxylic acids is 1. The van der Waals surface area contributed by atoms with E-state index in [4.69, 9.17) is 4.74 Å². The summed E-state index contributed by atoms with van der Waals surface area (Å²) in [5, 5.41) is 11.0. The summed E-state index contributed by atoms with van der Waals surface area (Å²) in [5.41, 5.74) is 4.45. The molecule has 2 aliphatic rings. The molecule has 7 nitrogen and oxygen atoms in total. The Morgan fingerprint density at radius 1 is 1.24 bits per heavy atom. The van der Waals surface area contributed by atoms with Crippen LogP contribution in [-0.4, -0.2) is 58.0 Å². The Balaban J connectivity index is 1.54. The van der Waals surface area contributed by atoms with Crippen LogP contribution in [0, 0.1) is 6.92 Å². The van der Waals surface area contributed by atoms with Gasteiger partial charge in [-0.25, -0.2) is 4.79 Å². The molecule has 1 amide bonds. The normalized spacial score (nSPS) is 21.4. The summed E-state index contributed by atoms with van der Waals surface area (Å²) in [5.74, 6) is 0.139. The lowest BCUT2D eigenvalue weighted by atomic mass is 9.87. The number of rotatable bonds is 6. The summed E-state index contributed by atoms with van der Waals surface area (Å²) in [6, 6.07) is 11.4. The van der Waals surface area contributed by atoms with Crippen molar-refractivity contribution in [1.29, 1.82) is 0 Å². The van der Waals surface area contributed by atoms with Crippen molar-refractivity contribution in [2.45, 2.75) is 51.2 Å². The molecule has 0 aliphatic carbocycles. The molecule has 178 valence electrons.